The van der Waals surface area contributed by atoms with Crippen molar-refractivity contribution in [2.75, 3.05) is 76.9 Å². The van der Waals surface area contributed by atoms with Crippen molar-refractivity contribution in [2.45, 2.75) is 6.92 Å². The molecular formula is C25H34N4O4. The standard InChI is InChI=1S/C25H34N4O4/c1-4-28(25(31)22-7-5-6-8-23(22)33-18-13-27(2)3)19-24(30)26-20-9-11-21(12-10-20)29-14-16-32-17-15-29/h5-12H,4,13-19H2,1-3H3,(H,26,30). The second-order valence-corrected chi connectivity index (χ2v) is 8.16. The molecule has 1 N–H and O–H groups in total. The fourth-order valence-electron chi connectivity index (χ4n) is 3.56. The Morgan fingerprint density at radius 1 is 1.06 bits per heavy atom. The Hall–Kier alpha value is -3.10. The zero-order chi connectivity index (χ0) is 23.6. The van der Waals surface area contributed by atoms with E-state index in [1.54, 1.807) is 18.2 Å². The average Bonchev–Trinajstić information content (AvgIpc) is 2.83. The van der Waals surface area contributed by atoms with E-state index in [4.69, 9.17) is 9.47 Å². The summed E-state index contributed by atoms with van der Waals surface area (Å²) in [5.74, 6) is 0.0630. The van der Waals surface area contributed by atoms with E-state index >= 15 is 0 Å². The van der Waals surface area contributed by atoms with E-state index in [9.17, 15) is 9.59 Å². The molecule has 1 saturated heterocycles. The van der Waals surface area contributed by atoms with Gasteiger partial charge in [-0.3, -0.25) is 9.59 Å². The minimum Gasteiger partial charge on any atom is -0.491 e. The van der Waals surface area contributed by atoms with E-state index in [-0.39, 0.29) is 18.4 Å². The molecule has 0 radical (unpaired) electrons. The lowest BCUT2D eigenvalue weighted by Crippen LogP contribution is -2.38. The van der Waals surface area contributed by atoms with Crippen LogP contribution in [0.4, 0.5) is 11.4 Å². The maximum atomic E-state index is 13.1. The Labute approximate surface area is 196 Å². The molecule has 0 bridgehead atoms. The van der Waals surface area contributed by atoms with Gasteiger partial charge in [0.25, 0.3) is 5.91 Å². The highest BCUT2D eigenvalue weighted by Gasteiger charge is 2.21. The number of ether oxygens (including phenoxy) is 2. The summed E-state index contributed by atoms with van der Waals surface area (Å²) in [5.41, 5.74) is 2.27. The minimum atomic E-state index is -0.240. The third-order valence-electron chi connectivity index (χ3n) is 5.44. The van der Waals surface area contributed by atoms with E-state index < -0.39 is 0 Å². The topological polar surface area (TPSA) is 74.3 Å². The molecule has 0 aliphatic carbocycles. The van der Waals surface area contributed by atoms with Crippen LogP contribution in [0.1, 0.15) is 17.3 Å². The number of benzene rings is 2. The fourth-order valence-corrected chi connectivity index (χ4v) is 3.56. The van der Waals surface area contributed by atoms with Gasteiger partial charge in [0.1, 0.15) is 18.9 Å². The SMILES string of the molecule is CCN(CC(=O)Nc1ccc(N2CCOCC2)cc1)C(=O)c1ccccc1OCCN(C)C. The van der Waals surface area contributed by atoms with Crippen molar-refractivity contribution in [3.05, 3.63) is 54.1 Å². The van der Waals surface area contributed by atoms with Crippen LogP contribution in [0, 0.1) is 0 Å². The number of likely N-dealkylation sites (N-methyl/N-ethyl adjacent to an activating group) is 2. The fraction of sp³-hybridized carbons (Fsp3) is 0.440. The van der Waals surface area contributed by atoms with Crippen LogP contribution in [0.3, 0.4) is 0 Å². The Morgan fingerprint density at radius 2 is 1.76 bits per heavy atom. The van der Waals surface area contributed by atoms with Gasteiger partial charge >= 0.3 is 0 Å². The Kier molecular flexibility index (Phi) is 9.09. The number of carbonyl (C=O) groups is 2. The maximum absolute atomic E-state index is 13.1. The van der Waals surface area contributed by atoms with Crippen molar-refractivity contribution in [3.63, 3.8) is 0 Å². The summed E-state index contributed by atoms with van der Waals surface area (Å²) < 4.78 is 11.2. The molecule has 2 aromatic carbocycles. The van der Waals surface area contributed by atoms with Crippen LogP contribution in [-0.2, 0) is 9.53 Å². The van der Waals surface area contributed by atoms with Gasteiger partial charge in [-0.25, -0.2) is 0 Å². The molecule has 33 heavy (non-hydrogen) atoms. The molecule has 0 saturated carbocycles. The molecule has 1 fully saturated rings. The number of amides is 2. The van der Waals surface area contributed by atoms with Gasteiger partial charge in [0.15, 0.2) is 0 Å². The van der Waals surface area contributed by atoms with Gasteiger partial charge in [0.05, 0.1) is 18.8 Å². The minimum absolute atomic E-state index is 0.0351. The van der Waals surface area contributed by atoms with E-state index in [0.29, 0.717) is 30.2 Å². The molecule has 8 heteroatoms. The van der Waals surface area contributed by atoms with Crippen LogP contribution >= 0.6 is 0 Å². The summed E-state index contributed by atoms with van der Waals surface area (Å²) in [5, 5.41) is 2.89. The number of hydrogen-bond donors (Lipinski definition) is 1. The lowest BCUT2D eigenvalue weighted by molar-refractivity contribution is -0.116. The molecule has 2 aromatic rings. The molecule has 0 unspecified atom stereocenters. The Balaban J connectivity index is 1.59. The van der Waals surface area contributed by atoms with Gasteiger partial charge in [-0.2, -0.15) is 0 Å². The molecule has 2 amide bonds. The molecule has 178 valence electrons. The smallest absolute Gasteiger partial charge is 0.258 e. The predicted molar refractivity (Wildman–Crippen MR) is 130 cm³/mol. The average molecular weight is 455 g/mol. The number of nitrogens with zero attached hydrogens (tertiary/aromatic N) is 3. The third-order valence-corrected chi connectivity index (χ3v) is 5.44. The van der Waals surface area contributed by atoms with E-state index in [0.717, 1.165) is 38.5 Å². The lowest BCUT2D eigenvalue weighted by Gasteiger charge is -2.29. The molecule has 8 nitrogen and oxygen atoms in total. The second-order valence-electron chi connectivity index (χ2n) is 8.16. The van der Waals surface area contributed by atoms with E-state index in [1.165, 1.54) is 4.90 Å². The van der Waals surface area contributed by atoms with Crippen molar-refractivity contribution in [3.8, 4) is 5.75 Å². The first kappa shape index (κ1) is 24.5. The predicted octanol–water partition coefficient (Wildman–Crippen LogP) is 2.56. The third kappa shape index (κ3) is 7.20. The highest BCUT2D eigenvalue weighted by molar-refractivity contribution is 6.01. The normalized spacial score (nSPS) is 13.6. The molecule has 0 spiro atoms. The highest BCUT2D eigenvalue weighted by Crippen LogP contribution is 2.21. The van der Waals surface area contributed by atoms with Crippen LogP contribution in [-0.4, -0.2) is 88.3 Å². The summed E-state index contributed by atoms with van der Waals surface area (Å²) in [6.45, 7) is 6.63. The number of nitrogens with one attached hydrogen (secondary N) is 1. The van der Waals surface area contributed by atoms with E-state index in [2.05, 4.69) is 10.2 Å². The highest BCUT2D eigenvalue weighted by atomic mass is 16.5. The number of rotatable bonds is 10. The Morgan fingerprint density at radius 3 is 2.42 bits per heavy atom. The molecule has 1 aliphatic rings. The molecule has 0 aromatic heterocycles. The van der Waals surface area contributed by atoms with Gasteiger partial charge < -0.3 is 29.5 Å². The molecule has 0 atom stereocenters. The number of hydrogen-bond acceptors (Lipinski definition) is 6. The van der Waals surface area contributed by atoms with Gasteiger partial charge in [0.2, 0.25) is 5.91 Å². The van der Waals surface area contributed by atoms with Gasteiger partial charge in [-0.15, -0.1) is 0 Å². The molecular weight excluding hydrogens is 420 g/mol. The molecule has 1 aliphatic heterocycles. The molecule has 1 heterocycles. The van der Waals surface area contributed by atoms with Gasteiger partial charge in [0, 0.05) is 37.6 Å². The summed E-state index contributed by atoms with van der Waals surface area (Å²) in [6.07, 6.45) is 0. The summed E-state index contributed by atoms with van der Waals surface area (Å²) in [7, 11) is 3.93. The number of anilines is 2. The zero-order valence-corrected chi connectivity index (χ0v) is 19.8. The van der Waals surface area contributed by atoms with Crippen molar-refractivity contribution >= 4 is 23.2 Å². The van der Waals surface area contributed by atoms with Crippen LogP contribution < -0.4 is 15.0 Å². The quantitative estimate of drug-likeness (QED) is 0.595. The first-order chi connectivity index (χ1) is 16.0. The van der Waals surface area contributed by atoms with E-state index in [1.807, 2.05) is 56.3 Å². The maximum Gasteiger partial charge on any atom is 0.258 e. The first-order valence-corrected chi connectivity index (χ1v) is 11.4. The Bertz CT molecular complexity index is 911. The monoisotopic (exact) mass is 454 g/mol. The second kappa shape index (κ2) is 12.2. The molecule has 3 rings (SSSR count). The first-order valence-electron chi connectivity index (χ1n) is 11.4. The van der Waals surface area contributed by atoms with Gasteiger partial charge in [-0.1, -0.05) is 12.1 Å². The number of morpholine rings is 1. The van der Waals surface area contributed by atoms with Gasteiger partial charge in [-0.05, 0) is 57.4 Å². The number of carbonyl (C=O) groups excluding carboxylic acids is 2. The summed E-state index contributed by atoms with van der Waals surface area (Å²) in [6, 6.07) is 14.9. The van der Waals surface area contributed by atoms with Crippen molar-refractivity contribution in [1.29, 1.82) is 0 Å². The lowest BCUT2D eigenvalue weighted by atomic mass is 10.1. The van der Waals surface area contributed by atoms with Crippen LogP contribution in [0.2, 0.25) is 0 Å². The van der Waals surface area contributed by atoms with Crippen molar-refractivity contribution < 1.29 is 19.1 Å². The summed E-state index contributed by atoms with van der Waals surface area (Å²) in [4.78, 5) is 31.6. The van der Waals surface area contributed by atoms with Crippen molar-refractivity contribution in [1.82, 2.24) is 9.80 Å². The zero-order valence-electron chi connectivity index (χ0n) is 19.8. The van der Waals surface area contributed by atoms with Crippen LogP contribution in [0.25, 0.3) is 0 Å². The van der Waals surface area contributed by atoms with Crippen LogP contribution in [0.5, 0.6) is 5.75 Å². The number of para-hydroxylation sites is 1. The van der Waals surface area contributed by atoms with Crippen molar-refractivity contribution in [2.24, 2.45) is 0 Å². The van der Waals surface area contributed by atoms with Crippen LogP contribution in [0.15, 0.2) is 48.5 Å². The summed E-state index contributed by atoms with van der Waals surface area (Å²) >= 11 is 0. The largest absolute Gasteiger partial charge is 0.491 e.